The largest absolute Gasteiger partial charge is 0.389 e. The number of likely N-dealkylation sites (N-methyl/N-ethyl adjacent to an activating group) is 1. The van der Waals surface area contributed by atoms with E-state index >= 15 is 0 Å². The van der Waals surface area contributed by atoms with Gasteiger partial charge in [0.2, 0.25) is 10.0 Å². The maximum absolute atomic E-state index is 12.5. The van der Waals surface area contributed by atoms with Gasteiger partial charge in [0.1, 0.15) is 5.15 Å². The van der Waals surface area contributed by atoms with Crippen molar-refractivity contribution < 1.29 is 13.5 Å². The molecule has 0 bridgehead atoms. The second-order valence-corrected chi connectivity index (χ2v) is 7.99. The minimum atomic E-state index is -3.66. The van der Waals surface area contributed by atoms with Gasteiger partial charge in [-0.15, -0.1) is 0 Å². The van der Waals surface area contributed by atoms with Gasteiger partial charge in [-0.2, -0.15) is 4.31 Å². The number of fused-ring (bicyclic) bond motifs is 1. The zero-order valence-corrected chi connectivity index (χ0v) is 13.6. The first-order chi connectivity index (χ1) is 9.59. The molecule has 0 fully saturated rings. The average Bonchev–Trinajstić information content (AvgIpc) is 2.35. The van der Waals surface area contributed by atoms with E-state index in [1.54, 1.807) is 38.1 Å². The molecule has 7 heteroatoms. The number of aromatic nitrogens is 1. The van der Waals surface area contributed by atoms with Gasteiger partial charge in [-0.1, -0.05) is 11.6 Å². The Bertz CT molecular complexity index is 769. The molecule has 1 aromatic heterocycles. The lowest BCUT2D eigenvalue weighted by Gasteiger charge is -2.25. The molecular weight excluding hydrogens is 312 g/mol. The quantitative estimate of drug-likeness (QED) is 0.874. The molecule has 0 aliphatic heterocycles. The lowest BCUT2D eigenvalue weighted by Crippen LogP contribution is -2.39. The van der Waals surface area contributed by atoms with Crippen LogP contribution in [0.1, 0.15) is 13.8 Å². The molecule has 0 aliphatic carbocycles. The predicted octanol–water partition coefficient (Wildman–Crippen LogP) is 2.28. The monoisotopic (exact) mass is 328 g/mol. The second kappa shape index (κ2) is 5.53. The SMILES string of the molecule is CN(CC(C)(C)O)S(=O)(=O)c1ccc2nc(Cl)ccc2c1. The molecule has 21 heavy (non-hydrogen) atoms. The minimum absolute atomic E-state index is 0.00619. The third kappa shape index (κ3) is 3.71. The van der Waals surface area contributed by atoms with Crippen LogP contribution in [0, 0.1) is 0 Å². The summed E-state index contributed by atoms with van der Waals surface area (Å²) >= 11 is 5.81. The highest BCUT2D eigenvalue weighted by Gasteiger charge is 2.26. The van der Waals surface area contributed by atoms with Gasteiger partial charge in [-0.3, -0.25) is 0 Å². The summed E-state index contributed by atoms with van der Waals surface area (Å²) in [5.74, 6) is 0. The van der Waals surface area contributed by atoms with Gasteiger partial charge < -0.3 is 5.11 Å². The summed E-state index contributed by atoms with van der Waals surface area (Å²) in [6, 6.07) is 7.99. The third-order valence-corrected chi connectivity index (χ3v) is 4.95. The fourth-order valence-corrected chi connectivity index (χ4v) is 3.56. The summed E-state index contributed by atoms with van der Waals surface area (Å²) in [6.45, 7) is 3.13. The van der Waals surface area contributed by atoms with Crippen molar-refractivity contribution in [1.29, 1.82) is 0 Å². The number of benzene rings is 1. The Balaban J connectivity index is 2.43. The van der Waals surface area contributed by atoms with Crippen LogP contribution in [0.25, 0.3) is 10.9 Å². The van der Waals surface area contributed by atoms with Gasteiger partial charge in [0.15, 0.2) is 0 Å². The van der Waals surface area contributed by atoms with Crippen LogP contribution in [0.4, 0.5) is 0 Å². The van der Waals surface area contributed by atoms with Crippen LogP contribution in [-0.4, -0.2) is 42.0 Å². The normalized spacial score (nSPS) is 13.0. The molecule has 1 aromatic carbocycles. The number of hydrogen-bond donors (Lipinski definition) is 1. The molecule has 0 unspecified atom stereocenters. The number of pyridine rings is 1. The number of sulfonamides is 1. The van der Waals surface area contributed by atoms with Crippen LogP contribution in [0.5, 0.6) is 0 Å². The molecule has 1 heterocycles. The van der Waals surface area contributed by atoms with Gasteiger partial charge in [0.05, 0.1) is 16.0 Å². The summed E-state index contributed by atoms with van der Waals surface area (Å²) in [4.78, 5) is 4.28. The summed E-state index contributed by atoms with van der Waals surface area (Å²) in [5, 5.41) is 10.8. The van der Waals surface area contributed by atoms with Crippen LogP contribution in [0.15, 0.2) is 35.2 Å². The molecule has 1 N–H and O–H groups in total. The average molecular weight is 329 g/mol. The van der Waals surface area contributed by atoms with Crippen LogP contribution >= 0.6 is 11.6 Å². The maximum atomic E-state index is 12.5. The van der Waals surface area contributed by atoms with Crippen molar-refractivity contribution in [2.24, 2.45) is 0 Å². The van der Waals surface area contributed by atoms with Gasteiger partial charge in [-0.25, -0.2) is 13.4 Å². The summed E-state index contributed by atoms with van der Waals surface area (Å²) in [5.41, 5.74) is -0.472. The maximum Gasteiger partial charge on any atom is 0.242 e. The lowest BCUT2D eigenvalue weighted by molar-refractivity contribution is 0.0640. The molecule has 0 radical (unpaired) electrons. The second-order valence-electron chi connectivity index (χ2n) is 5.56. The third-order valence-electron chi connectivity index (χ3n) is 2.94. The Hall–Kier alpha value is -1.21. The Morgan fingerprint density at radius 2 is 1.95 bits per heavy atom. The van der Waals surface area contributed by atoms with Crippen molar-refractivity contribution in [3.05, 3.63) is 35.5 Å². The van der Waals surface area contributed by atoms with Crippen LogP contribution in [0.3, 0.4) is 0 Å². The van der Waals surface area contributed by atoms with Gasteiger partial charge in [-0.05, 0) is 44.2 Å². The zero-order chi connectivity index (χ0) is 15.8. The summed E-state index contributed by atoms with van der Waals surface area (Å²) in [7, 11) is -2.22. The van der Waals surface area contributed by atoms with Gasteiger partial charge >= 0.3 is 0 Å². The first kappa shape index (κ1) is 16.2. The molecule has 114 valence electrons. The van der Waals surface area contributed by atoms with E-state index in [4.69, 9.17) is 11.6 Å². The minimum Gasteiger partial charge on any atom is -0.389 e. The van der Waals surface area contributed by atoms with Crippen molar-refractivity contribution in [2.45, 2.75) is 24.3 Å². The highest BCUT2D eigenvalue weighted by molar-refractivity contribution is 7.89. The molecule has 2 aromatic rings. The molecular formula is C14H17ClN2O3S. The Morgan fingerprint density at radius 1 is 1.29 bits per heavy atom. The highest BCUT2D eigenvalue weighted by Crippen LogP contribution is 2.22. The van der Waals surface area contributed by atoms with Gasteiger partial charge in [0.25, 0.3) is 0 Å². The lowest BCUT2D eigenvalue weighted by atomic mass is 10.1. The van der Waals surface area contributed by atoms with Crippen molar-refractivity contribution in [3.63, 3.8) is 0 Å². The van der Waals surface area contributed by atoms with Crippen LogP contribution in [0.2, 0.25) is 5.15 Å². The zero-order valence-electron chi connectivity index (χ0n) is 12.0. The van der Waals surface area contributed by atoms with Crippen molar-refractivity contribution in [3.8, 4) is 0 Å². The summed E-state index contributed by atoms with van der Waals surface area (Å²) < 4.78 is 26.1. The number of hydrogen-bond acceptors (Lipinski definition) is 4. The van der Waals surface area contributed by atoms with E-state index in [0.29, 0.717) is 16.1 Å². The van der Waals surface area contributed by atoms with Crippen molar-refractivity contribution in [2.75, 3.05) is 13.6 Å². The Morgan fingerprint density at radius 3 is 2.57 bits per heavy atom. The van der Waals surface area contributed by atoms with Crippen molar-refractivity contribution in [1.82, 2.24) is 9.29 Å². The highest BCUT2D eigenvalue weighted by atomic mass is 35.5. The van der Waals surface area contributed by atoms with E-state index in [0.717, 1.165) is 4.31 Å². The predicted molar refractivity (Wildman–Crippen MR) is 82.9 cm³/mol. The first-order valence-corrected chi connectivity index (χ1v) is 8.16. The van der Waals surface area contributed by atoms with E-state index < -0.39 is 15.6 Å². The molecule has 0 spiro atoms. The molecule has 0 saturated carbocycles. The van der Waals surface area contributed by atoms with E-state index in [9.17, 15) is 13.5 Å². The fourth-order valence-electron chi connectivity index (χ4n) is 2.05. The van der Waals surface area contributed by atoms with Gasteiger partial charge in [0, 0.05) is 19.0 Å². The number of rotatable bonds is 4. The van der Waals surface area contributed by atoms with Crippen molar-refractivity contribution >= 4 is 32.5 Å². The van der Waals surface area contributed by atoms with E-state index in [-0.39, 0.29) is 11.4 Å². The molecule has 2 rings (SSSR count). The Labute approximate surface area is 129 Å². The number of aliphatic hydroxyl groups is 1. The van der Waals surface area contributed by atoms with Crippen LogP contribution in [-0.2, 0) is 10.0 Å². The molecule has 0 saturated heterocycles. The number of halogens is 1. The van der Waals surface area contributed by atoms with E-state index in [2.05, 4.69) is 4.98 Å². The van der Waals surface area contributed by atoms with E-state index in [1.165, 1.54) is 13.1 Å². The Kier molecular flexibility index (Phi) is 4.26. The molecule has 5 nitrogen and oxygen atoms in total. The van der Waals surface area contributed by atoms with Crippen LogP contribution < -0.4 is 0 Å². The smallest absolute Gasteiger partial charge is 0.242 e. The van der Waals surface area contributed by atoms with E-state index in [1.807, 2.05) is 0 Å². The molecule has 0 aliphatic rings. The molecule has 0 atom stereocenters. The number of nitrogens with zero attached hydrogens (tertiary/aromatic N) is 2. The topological polar surface area (TPSA) is 70.5 Å². The molecule has 0 amide bonds. The first-order valence-electron chi connectivity index (χ1n) is 6.35. The summed E-state index contributed by atoms with van der Waals surface area (Å²) in [6.07, 6.45) is 0. The standard InChI is InChI=1S/C14H17ClN2O3S/c1-14(2,18)9-17(3)21(19,20)11-5-6-12-10(8-11)4-7-13(15)16-12/h4-8,18H,9H2,1-3H3. The fraction of sp³-hybridized carbons (Fsp3) is 0.357.